The molecule has 2 heterocycles. The minimum Gasteiger partial charge on any atom is -0.340 e. The van der Waals surface area contributed by atoms with Crippen LogP contribution in [0.4, 0.5) is 5.82 Å². The van der Waals surface area contributed by atoms with E-state index in [-0.39, 0.29) is 5.56 Å². The van der Waals surface area contributed by atoms with Crippen molar-refractivity contribution in [1.82, 2.24) is 9.55 Å². The quantitative estimate of drug-likeness (QED) is 0.480. The van der Waals surface area contributed by atoms with E-state index in [4.69, 9.17) is 0 Å². The normalized spacial score (nSPS) is 10.6. The van der Waals surface area contributed by atoms with Crippen molar-refractivity contribution < 1.29 is 0 Å². The average molecular weight is 393 g/mol. The van der Waals surface area contributed by atoms with Crippen molar-refractivity contribution in [2.45, 2.75) is 13.8 Å². The van der Waals surface area contributed by atoms with E-state index in [1.165, 1.54) is 16.7 Å². The Morgan fingerprint density at radius 2 is 1.77 bits per heavy atom. The van der Waals surface area contributed by atoms with Crippen molar-refractivity contribution in [3.8, 4) is 16.8 Å². The highest BCUT2D eigenvalue weighted by Crippen LogP contribution is 2.27. The van der Waals surface area contributed by atoms with Gasteiger partial charge in [-0.05, 0) is 60.9 Å². The Kier molecular flexibility index (Phi) is 5.31. The van der Waals surface area contributed by atoms with Crippen LogP contribution in [0, 0.1) is 13.8 Å². The summed E-state index contributed by atoms with van der Waals surface area (Å²) in [6.45, 7) is 8.35. The summed E-state index contributed by atoms with van der Waals surface area (Å²) in [6.07, 6.45) is 3.58. The second-order valence-electron chi connectivity index (χ2n) is 7.31. The van der Waals surface area contributed by atoms with Crippen molar-refractivity contribution in [2.24, 2.45) is 0 Å². The lowest BCUT2D eigenvalue weighted by Crippen LogP contribution is -2.17. The van der Waals surface area contributed by atoms with Crippen LogP contribution in [0.15, 0.2) is 96.6 Å². The molecule has 4 rings (SSSR count). The first kappa shape index (κ1) is 19.4. The minimum atomic E-state index is -0.0900. The van der Waals surface area contributed by atoms with Crippen molar-refractivity contribution in [2.75, 3.05) is 5.32 Å². The second kappa shape index (κ2) is 8.21. The van der Waals surface area contributed by atoms with Gasteiger partial charge in [0.05, 0.1) is 0 Å². The molecular formula is C26H23N3O. The second-order valence-corrected chi connectivity index (χ2v) is 7.31. The van der Waals surface area contributed by atoms with Gasteiger partial charge < -0.3 is 5.32 Å². The first-order valence-corrected chi connectivity index (χ1v) is 9.79. The summed E-state index contributed by atoms with van der Waals surface area (Å²) >= 11 is 0. The fourth-order valence-electron chi connectivity index (χ4n) is 3.40. The van der Waals surface area contributed by atoms with Gasteiger partial charge in [-0.1, -0.05) is 48.5 Å². The summed E-state index contributed by atoms with van der Waals surface area (Å²) in [7, 11) is 0. The van der Waals surface area contributed by atoms with E-state index < -0.39 is 0 Å². The van der Waals surface area contributed by atoms with Crippen LogP contribution in [0.5, 0.6) is 0 Å². The van der Waals surface area contributed by atoms with E-state index in [1.807, 2.05) is 42.5 Å². The molecule has 0 aliphatic carbocycles. The van der Waals surface area contributed by atoms with Crippen molar-refractivity contribution in [1.29, 1.82) is 0 Å². The number of nitrogens with zero attached hydrogens (tertiary/aromatic N) is 2. The van der Waals surface area contributed by atoms with Crippen LogP contribution >= 0.6 is 0 Å². The molecule has 148 valence electrons. The summed E-state index contributed by atoms with van der Waals surface area (Å²) in [5, 5.41) is 3.28. The monoisotopic (exact) mass is 393 g/mol. The Bertz CT molecular complexity index is 1270. The molecular weight excluding hydrogens is 370 g/mol. The number of benzene rings is 2. The van der Waals surface area contributed by atoms with Crippen LogP contribution in [0.3, 0.4) is 0 Å². The molecule has 0 amide bonds. The lowest BCUT2D eigenvalue weighted by Gasteiger charge is -2.13. The zero-order valence-electron chi connectivity index (χ0n) is 17.1. The maximum absolute atomic E-state index is 12.3. The number of aromatic nitrogens is 2. The first-order valence-electron chi connectivity index (χ1n) is 9.79. The maximum atomic E-state index is 12.3. The molecule has 0 saturated carbocycles. The van der Waals surface area contributed by atoms with Crippen LogP contribution in [0.1, 0.15) is 16.7 Å². The highest BCUT2D eigenvalue weighted by atomic mass is 16.1. The molecule has 0 saturated heterocycles. The summed E-state index contributed by atoms with van der Waals surface area (Å²) in [5.41, 5.74) is 6.92. The van der Waals surface area contributed by atoms with Gasteiger partial charge in [0.15, 0.2) is 0 Å². The van der Waals surface area contributed by atoms with E-state index in [1.54, 1.807) is 29.1 Å². The Morgan fingerprint density at radius 3 is 2.57 bits per heavy atom. The molecule has 1 N–H and O–H groups in total. The number of para-hydroxylation sites is 1. The molecule has 4 aromatic rings. The third-order valence-electron chi connectivity index (χ3n) is 5.04. The van der Waals surface area contributed by atoms with Gasteiger partial charge in [-0.3, -0.25) is 9.36 Å². The average Bonchev–Trinajstić information content (AvgIpc) is 2.76. The highest BCUT2D eigenvalue weighted by Gasteiger charge is 2.08. The number of hydrogen-bond donors (Lipinski definition) is 1. The molecule has 0 bridgehead atoms. The van der Waals surface area contributed by atoms with E-state index >= 15 is 0 Å². The van der Waals surface area contributed by atoms with Crippen LogP contribution in [0.2, 0.25) is 0 Å². The number of anilines is 1. The fraction of sp³-hybridized carbons (Fsp3) is 0.0769. The van der Waals surface area contributed by atoms with E-state index in [2.05, 4.69) is 48.9 Å². The lowest BCUT2D eigenvalue weighted by atomic mass is 9.99. The largest absolute Gasteiger partial charge is 0.340 e. The Hall–Kier alpha value is -3.92. The van der Waals surface area contributed by atoms with Crippen molar-refractivity contribution in [3.05, 3.63) is 119 Å². The smallest absolute Gasteiger partial charge is 0.255 e. The molecule has 2 aromatic carbocycles. The molecule has 0 aliphatic heterocycles. The van der Waals surface area contributed by atoms with Crippen LogP contribution in [-0.4, -0.2) is 9.55 Å². The van der Waals surface area contributed by atoms with E-state index in [0.717, 1.165) is 16.8 Å². The molecule has 4 heteroatoms. The lowest BCUT2D eigenvalue weighted by molar-refractivity contribution is 0.985. The van der Waals surface area contributed by atoms with Gasteiger partial charge in [0, 0.05) is 35.4 Å². The third kappa shape index (κ3) is 4.08. The molecule has 30 heavy (non-hydrogen) atoms. The Labute approximate surface area is 176 Å². The van der Waals surface area contributed by atoms with Crippen molar-refractivity contribution in [3.63, 3.8) is 0 Å². The Morgan fingerprint density at radius 1 is 0.967 bits per heavy atom. The third-order valence-corrected chi connectivity index (χ3v) is 5.04. The van der Waals surface area contributed by atoms with Gasteiger partial charge in [-0.25, -0.2) is 4.98 Å². The zero-order chi connectivity index (χ0) is 21.1. The summed E-state index contributed by atoms with van der Waals surface area (Å²) in [5.74, 6) is 0.705. The topological polar surface area (TPSA) is 46.9 Å². The van der Waals surface area contributed by atoms with Crippen LogP contribution in [0.25, 0.3) is 22.5 Å². The molecule has 0 atom stereocenters. The molecule has 0 unspecified atom stereocenters. The molecule has 4 nitrogen and oxygen atoms in total. The van der Waals surface area contributed by atoms with Gasteiger partial charge in [-0.2, -0.15) is 0 Å². The molecule has 0 aliphatic rings. The number of nitrogens with one attached hydrogen (secondary N) is 1. The number of pyridine rings is 2. The standard InChI is InChI=1S/C26H23N3O/c1-18-9-10-19(2)24(15-18)21-13-14-27-25(16-21)28-20(3)22-11-12-26(30)29(17-22)23-7-5-4-6-8-23/h4-17H,3H2,1-2H3,(H,27,28). The minimum absolute atomic E-state index is 0.0900. The number of hydrogen-bond acceptors (Lipinski definition) is 3. The molecule has 0 radical (unpaired) electrons. The maximum Gasteiger partial charge on any atom is 0.255 e. The molecule has 0 spiro atoms. The number of aryl methyl sites for hydroxylation is 2. The summed E-state index contributed by atoms with van der Waals surface area (Å²) in [4.78, 5) is 16.8. The SMILES string of the molecule is C=C(Nc1cc(-c2cc(C)ccc2C)ccn1)c1ccc(=O)n(-c2ccccc2)c1. The first-order chi connectivity index (χ1) is 14.5. The van der Waals surface area contributed by atoms with Gasteiger partial charge in [-0.15, -0.1) is 0 Å². The van der Waals surface area contributed by atoms with Crippen LogP contribution in [-0.2, 0) is 0 Å². The van der Waals surface area contributed by atoms with Gasteiger partial charge in [0.1, 0.15) is 5.82 Å². The predicted octanol–water partition coefficient (Wildman–Crippen LogP) is 5.60. The molecule has 2 aromatic heterocycles. The Balaban J connectivity index is 1.62. The highest BCUT2D eigenvalue weighted by molar-refractivity contribution is 5.77. The summed E-state index contributed by atoms with van der Waals surface area (Å²) < 4.78 is 1.61. The van der Waals surface area contributed by atoms with Gasteiger partial charge in [0.2, 0.25) is 0 Å². The molecule has 0 fully saturated rings. The number of rotatable bonds is 5. The van der Waals surface area contributed by atoms with E-state index in [0.29, 0.717) is 11.5 Å². The summed E-state index contributed by atoms with van der Waals surface area (Å²) in [6, 6.07) is 23.3. The van der Waals surface area contributed by atoms with Gasteiger partial charge >= 0.3 is 0 Å². The predicted molar refractivity (Wildman–Crippen MR) is 124 cm³/mol. The van der Waals surface area contributed by atoms with Gasteiger partial charge in [0.25, 0.3) is 5.56 Å². The van der Waals surface area contributed by atoms with Crippen molar-refractivity contribution >= 4 is 11.5 Å². The van der Waals surface area contributed by atoms with E-state index in [9.17, 15) is 4.79 Å². The van der Waals surface area contributed by atoms with Crippen LogP contribution < -0.4 is 10.9 Å². The zero-order valence-corrected chi connectivity index (χ0v) is 17.1. The fourth-order valence-corrected chi connectivity index (χ4v) is 3.40.